The Morgan fingerprint density at radius 3 is 2.63 bits per heavy atom. The Morgan fingerprint density at radius 1 is 1.30 bits per heavy atom. The van der Waals surface area contributed by atoms with Gasteiger partial charge in [-0.25, -0.2) is 4.79 Å². The summed E-state index contributed by atoms with van der Waals surface area (Å²) >= 11 is 0. The SMILES string of the molecule is COCCOC(=O)C1=C(C)N=C(C)C(C#N)[C@H]1c1ccccc1OC(F)F. The molecule has 1 aliphatic heterocycles. The van der Waals surface area contributed by atoms with Gasteiger partial charge < -0.3 is 14.2 Å². The van der Waals surface area contributed by atoms with Gasteiger partial charge in [-0.1, -0.05) is 18.2 Å². The minimum atomic E-state index is -3.03. The van der Waals surface area contributed by atoms with E-state index in [4.69, 9.17) is 9.47 Å². The molecule has 8 heteroatoms. The molecule has 0 fully saturated rings. The number of nitrogens with zero attached hydrogens (tertiary/aromatic N) is 2. The lowest BCUT2D eigenvalue weighted by Crippen LogP contribution is -2.30. The maximum absolute atomic E-state index is 12.8. The van der Waals surface area contributed by atoms with Crippen LogP contribution in [-0.2, 0) is 14.3 Å². The summed E-state index contributed by atoms with van der Waals surface area (Å²) in [4.78, 5) is 17.0. The average molecular weight is 378 g/mol. The smallest absolute Gasteiger partial charge is 0.387 e. The Morgan fingerprint density at radius 2 is 2.00 bits per heavy atom. The van der Waals surface area contributed by atoms with Gasteiger partial charge in [-0.05, 0) is 19.9 Å². The molecule has 1 unspecified atom stereocenters. The number of hydrogen-bond acceptors (Lipinski definition) is 6. The van der Waals surface area contributed by atoms with Gasteiger partial charge in [-0.3, -0.25) is 4.99 Å². The quantitative estimate of drug-likeness (QED) is 0.536. The Hall–Kier alpha value is -2.79. The maximum atomic E-state index is 12.8. The fraction of sp³-hybridized carbons (Fsp3) is 0.421. The predicted molar refractivity (Wildman–Crippen MR) is 93.6 cm³/mol. The molecule has 0 aliphatic carbocycles. The third kappa shape index (κ3) is 4.68. The first-order valence-corrected chi connectivity index (χ1v) is 8.26. The maximum Gasteiger partial charge on any atom is 0.387 e. The lowest BCUT2D eigenvalue weighted by atomic mass is 9.76. The van der Waals surface area contributed by atoms with E-state index >= 15 is 0 Å². The Balaban J connectivity index is 2.54. The second-order valence-corrected chi connectivity index (χ2v) is 5.88. The lowest BCUT2D eigenvalue weighted by Gasteiger charge is -2.30. The number of halogens is 2. The molecule has 2 rings (SSSR count). The topological polar surface area (TPSA) is 80.9 Å². The van der Waals surface area contributed by atoms with Gasteiger partial charge >= 0.3 is 12.6 Å². The van der Waals surface area contributed by atoms with Crippen molar-refractivity contribution in [2.75, 3.05) is 20.3 Å². The summed E-state index contributed by atoms with van der Waals surface area (Å²) in [5, 5.41) is 9.65. The molecular formula is C19H20F2N2O4. The number of carbonyl (C=O) groups excluding carboxylic acids is 1. The fourth-order valence-electron chi connectivity index (χ4n) is 3.04. The normalized spacial score (nSPS) is 19.5. The van der Waals surface area contributed by atoms with Gasteiger partial charge in [0, 0.05) is 30.0 Å². The molecule has 0 aromatic heterocycles. The van der Waals surface area contributed by atoms with E-state index < -0.39 is 24.4 Å². The number of allylic oxidation sites excluding steroid dienone is 1. The number of para-hydroxylation sites is 1. The molecule has 1 heterocycles. The minimum absolute atomic E-state index is 0.0218. The summed E-state index contributed by atoms with van der Waals surface area (Å²) in [6.07, 6.45) is 0. The largest absolute Gasteiger partial charge is 0.460 e. The van der Waals surface area contributed by atoms with Gasteiger partial charge in [0.15, 0.2) is 0 Å². The van der Waals surface area contributed by atoms with Crippen molar-refractivity contribution in [1.82, 2.24) is 0 Å². The number of alkyl halides is 2. The van der Waals surface area contributed by atoms with Crippen molar-refractivity contribution in [1.29, 1.82) is 5.26 Å². The van der Waals surface area contributed by atoms with E-state index in [9.17, 15) is 18.8 Å². The second-order valence-electron chi connectivity index (χ2n) is 5.88. The van der Waals surface area contributed by atoms with Crippen LogP contribution in [0.15, 0.2) is 40.5 Å². The van der Waals surface area contributed by atoms with Crippen molar-refractivity contribution in [3.8, 4) is 11.8 Å². The van der Waals surface area contributed by atoms with Gasteiger partial charge in [-0.15, -0.1) is 0 Å². The van der Waals surface area contributed by atoms with Crippen LogP contribution >= 0.6 is 0 Å². The summed E-state index contributed by atoms with van der Waals surface area (Å²) in [7, 11) is 1.47. The van der Waals surface area contributed by atoms with Crippen LogP contribution in [0.25, 0.3) is 0 Å². The molecule has 0 saturated heterocycles. The van der Waals surface area contributed by atoms with E-state index in [1.54, 1.807) is 32.0 Å². The Labute approximate surface area is 156 Å². The molecule has 0 radical (unpaired) electrons. The second kappa shape index (κ2) is 9.24. The summed E-state index contributed by atoms with van der Waals surface area (Å²) in [6, 6.07) is 8.22. The highest BCUT2D eigenvalue weighted by Crippen LogP contribution is 2.42. The lowest BCUT2D eigenvalue weighted by molar-refractivity contribution is -0.140. The van der Waals surface area contributed by atoms with E-state index in [2.05, 4.69) is 15.8 Å². The van der Waals surface area contributed by atoms with Gasteiger partial charge in [-0.2, -0.15) is 14.0 Å². The first-order valence-electron chi connectivity index (χ1n) is 8.26. The zero-order valence-electron chi connectivity index (χ0n) is 15.2. The fourth-order valence-corrected chi connectivity index (χ4v) is 3.04. The molecule has 1 aromatic carbocycles. The number of hydrogen-bond donors (Lipinski definition) is 0. The molecule has 1 aliphatic rings. The van der Waals surface area contributed by atoms with Crippen LogP contribution in [0.3, 0.4) is 0 Å². The number of rotatable bonds is 7. The van der Waals surface area contributed by atoms with Crippen LogP contribution in [0.5, 0.6) is 5.75 Å². The van der Waals surface area contributed by atoms with Crippen LogP contribution in [0.4, 0.5) is 8.78 Å². The van der Waals surface area contributed by atoms with Crippen LogP contribution < -0.4 is 4.74 Å². The molecule has 0 bridgehead atoms. The summed E-state index contributed by atoms with van der Waals surface area (Å²) in [6.45, 7) is 0.472. The first kappa shape index (κ1) is 20.5. The third-order valence-electron chi connectivity index (χ3n) is 4.18. The van der Waals surface area contributed by atoms with Crippen LogP contribution in [-0.4, -0.2) is 38.6 Å². The molecule has 0 saturated carbocycles. The standard InChI is InChI=1S/C19H20F2N2O4/c1-11-14(10-22)17(13-6-4-5-7-15(13)27-19(20)21)16(12(2)23-11)18(24)26-9-8-25-3/h4-7,14,17,19H,8-9H2,1-3H3/t14?,17-/m1/s1. The molecule has 0 amide bonds. The molecule has 27 heavy (non-hydrogen) atoms. The van der Waals surface area contributed by atoms with Gasteiger partial charge in [0.2, 0.25) is 0 Å². The van der Waals surface area contributed by atoms with Gasteiger partial charge in [0.1, 0.15) is 12.4 Å². The highest BCUT2D eigenvalue weighted by Gasteiger charge is 2.39. The third-order valence-corrected chi connectivity index (χ3v) is 4.18. The van der Waals surface area contributed by atoms with E-state index in [1.807, 2.05) is 0 Å². The van der Waals surface area contributed by atoms with Crippen molar-refractivity contribution in [3.05, 3.63) is 41.1 Å². The number of benzene rings is 1. The molecule has 1 aromatic rings. The molecule has 2 atom stereocenters. The highest BCUT2D eigenvalue weighted by molar-refractivity contribution is 5.98. The molecule has 0 spiro atoms. The van der Waals surface area contributed by atoms with E-state index in [1.165, 1.54) is 13.2 Å². The summed E-state index contributed by atoms with van der Waals surface area (Å²) < 4.78 is 40.3. The van der Waals surface area contributed by atoms with Crippen molar-refractivity contribution in [2.24, 2.45) is 10.9 Å². The Kier molecular flexibility index (Phi) is 7.02. The van der Waals surface area contributed by atoms with Crippen molar-refractivity contribution in [2.45, 2.75) is 26.4 Å². The van der Waals surface area contributed by atoms with Crippen molar-refractivity contribution >= 4 is 11.7 Å². The van der Waals surface area contributed by atoms with Crippen molar-refractivity contribution in [3.63, 3.8) is 0 Å². The zero-order valence-corrected chi connectivity index (χ0v) is 15.2. The van der Waals surface area contributed by atoms with E-state index in [0.29, 0.717) is 17.0 Å². The van der Waals surface area contributed by atoms with E-state index in [0.717, 1.165) is 0 Å². The van der Waals surface area contributed by atoms with Gasteiger partial charge in [0.25, 0.3) is 0 Å². The number of carbonyl (C=O) groups is 1. The predicted octanol–water partition coefficient (Wildman–Crippen LogP) is 3.45. The molecule has 6 nitrogen and oxygen atoms in total. The minimum Gasteiger partial charge on any atom is -0.460 e. The highest BCUT2D eigenvalue weighted by atomic mass is 19.3. The number of aliphatic imine (C=N–C) groups is 1. The van der Waals surface area contributed by atoms with E-state index in [-0.39, 0.29) is 24.5 Å². The number of ether oxygens (including phenoxy) is 3. The summed E-state index contributed by atoms with van der Waals surface area (Å²) in [5.74, 6) is -2.42. The monoisotopic (exact) mass is 378 g/mol. The van der Waals surface area contributed by atoms with Crippen LogP contribution in [0.1, 0.15) is 25.3 Å². The summed E-state index contributed by atoms with van der Waals surface area (Å²) in [5.41, 5.74) is 1.31. The van der Waals surface area contributed by atoms with Gasteiger partial charge in [0.05, 0.1) is 24.2 Å². The molecule has 0 N–H and O–H groups in total. The molecular weight excluding hydrogens is 358 g/mol. The number of esters is 1. The number of methoxy groups -OCH3 is 1. The zero-order chi connectivity index (χ0) is 20.0. The Bertz CT molecular complexity index is 799. The number of nitriles is 1. The van der Waals surface area contributed by atoms with Crippen LogP contribution in [0, 0.1) is 17.2 Å². The average Bonchev–Trinajstić information content (AvgIpc) is 2.61. The van der Waals surface area contributed by atoms with Crippen LogP contribution in [0.2, 0.25) is 0 Å². The van der Waals surface area contributed by atoms with Crippen molar-refractivity contribution < 1.29 is 27.8 Å². The molecule has 144 valence electrons. The first-order chi connectivity index (χ1) is 12.9.